The maximum Gasteiger partial charge on any atom is 0.321 e. The van der Waals surface area contributed by atoms with Gasteiger partial charge >= 0.3 is 6.03 Å². The molecule has 21 heavy (non-hydrogen) atoms. The van der Waals surface area contributed by atoms with Crippen molar-refractivity contribution in [2.75, 3.05) is 11.9 Å². The van der Waals surface area contributed by atoms with Crippen LogP contribution in [0.1, 0.15) is 44.9 Å². The molecule has 0 saturated heterocycles. The van der Waals surface area contributed by atoms with Crippen LogP contribution < -0.4 is 10.6 Å². The van der Waals surface area contributed by atoms with Gasteiger partial charge in [0.2, 0.25) is 5.13 Å². The molecule has 0 radical (unpaired) electrons. The second kappa shape index (κ2) is 5.23. The van der Waals surface area contributed by atoms with Crippen LogP contribution in [0.2, 0.25) is 0 Å². The lowest BCUT2D eigenvalue weighted by Gasteiger charge is -2.57. The summed E-state index contributed by atoms with van der Waals surface area (Å²) in [7, 11) is 0. The molecule has 1 heterocycles. The topological polar surface area (TPSA) is 66.9 Å². The van der Waals surface area contributed by atoms with Crippen molar-refractivity contribution < 1.29 is 4.79 Å². The van der Waals surface area contributed by atoms with Gasteiger partial charge in [-0.3, -0.25) is 5.32 Å². The van der Waals surface area contributed by atoms with Gasteiger partial charge in [0.25, 0.3) is 0 Å². The highest BCUT2D eigenvalue weighted by Gasteiger charge is 2.50. The molecule has 4 aliphatic carbocycles. The number of carbonyl (C=O) groups excluding carboxylic acids is 1. The second-order valence-corrected chi connectivity index (χ2v) is 8.13. The van der Waals surface area contributed by atoms with Crippen molar-refractivity contribution in [3.8, 4) is 0 Å². The molecule has 0 spiro atoms. The number of hydrogen-bond donors (Lipinski definition) is 2. The third-order valence-corrected chi connectivity index (χ3v) is 6.29. The van der Waals surface area contributed by atoms with Crippen LogP contribution in [0.15, 0.2) is 5.51 Å². The molecule has 0 unspecified atom stereocenters. The number of nitrogens with one attached hydrogen (secondary N) is 2. The molecule has 6 heteroatoms. The molecule has 1 aromatic heterocycles. The summed E-state index contributed by atoms with van der Waals surface area (Å²) in [5.41, 5.74) is 2.15. The Labute approximate surface area is 128 Å². The molecule has 0 atom stereocenters. The Kier molecular flexibility index (Phi) is 3.36. The van der Waals surface area contributed by atoms with Gasteiger partial charge in [-0.1, -0.05) is 11.3 Å². The number of hydrogen-bond acceptors (Lipinski definition) is 4. The van der Waals surface area contributed by atoms with E-state index in [1.54, 1.807) is 5.51 Å². The monoisotopic (exact) mass is 306 g/mol. The Balaban J connectivity index is 1.28. The molecule has 4 bridgehead atoms. The van der Waals surface area contributed by atoms with E-state index in [1.165, 1.54) is 49.9 Å². The molecule has 4 saturated carbocycles. The first-order chi connectivity index (χ1) is 10.2. The lowest BCUT2D eigenvalue weighted by Crippen LogP contribution is -2.47. The van der Waals surface area contributed by atoms with E-state index in [2.05, 4.69) is 20.8 Å². The minimum atomic E-state index is -0.156. The molecule has 114 valence electrons. The van der Waals surface area contributed by atoms with Gasteiger partial charge in [0, 0.05) is 6.54 Å². The highest BCUT2D eigenvalue weighted by molar-refractivity contribution is 7.13. The number of urea groups is 1. The smallest absolute Gasteiger partial charge is 0.321 e. The Hall–Kier alpha value is -1.17. The largest absolute Gasteiger partial charge is 0.338 e. The van der Waals surface area contributed by atoms with Crippen LogP contribution in [-0.2, 0) is 0 Å². The van der Waals surface area contributed by atoms with Gasteiger partial charge in [0.1, 0.15) is 5.51 Å². The predicted molar refractivity (Wildman–Crippen MR) is 82.2 cm³/mol. The average Bonchev–Trinajstić information content (AvgIpc) is 2.89. The zero-order valence-corrected chi connectivity index (χ0v) is 13.0. The van der Waals surface area contributed by atoms with Crippen molar-refractivity contribution in [1.82, 2.24) is 15.5 Å². The fourth-order valence-corrected chi connectivity index (χ4v) is 5.85. The number of nitrogens with zero attached hydrogens (tertiary/aromatic N) is 2. The number of aromatic nitrogens is 2. The van der Waals surface area contributed by atoms with Crippen LogP contribution in [-0.4, -0.2) is 22.8 Å². The van der Waals surface area contributed by atoms with E-state index in [-0.39, 0.29) is 6.03 Å². The van der Waals surface area contributed by atoms with Gasteiger partial charge in [-0.2, -0.15) is 0 Å². The molecular weight excluding hydrogens is 284 g/mol. The molecule has 1 aromatic rings. The second-order valence-electron chi connectivity index (χ2n) is 7.29. The summed E-state index contributed by atoms with van der Waals surface area (Å²) in [6.45, 7) is 0.775. The highest BCUT2D eigenvalue weighted by Crippen LogP contribution is 2.61. The summed E-state index contributed by atoms with van der Waals surface area (Å²) in [5, 5.41) is 13.8. The average molecular weight is 306 g/mol. The highest BCUT2D eigenvalue weighted by atomic mass is 32.1. The summed E-state index contributed by atoms with van der Waals surface area (Å²) >= 11 is 1.34. The van der Waals surface area contributed by atoms with Gasteiger partial charge in [-0.25, -0.2) is 4.79 Å². The molecule has 0 aliphatic heterocycles. The number of anilines is 1. The molecule has 5 nitrogen and oxygen atoms in total. The Bertz CT molecular complexity index is 480. The van der Waals surface area contributed by atoms with Crippen LogP contribution in [0.5, 0.6) is 0 Å². The van der Waals surface area contributed by atoms with Crippen molar-refractivity contribution in [2.24, 2.45) is 23.2 Å². The third kappa shape index (κ3) is 2.78. The van der Waals surface area contributed by atoms with Crippen molar-refractivity contribution >= 4 is 22.5 Å². The molecular formula is C15H22N4OS. The minimum absolute atomic E-state index is 0.156. The SMILES string of the molecule is O=C(NCCC12CC3CC(CC(C3)C1)C2)Nc1nncs1. The third-order valence-electron chi connectivity index (χ3n) is 5.69. The number of carbonyl (C=O) groups is 1. The fourth-order valence-electron chi connectivity index (χ4n) is 5.41. The zero-order valence-electron chi connectivity index (χ0n) is 12.2. The van der Waals surface area contributed by atoms with E-state index in [9.17, 15) is 4.79 Å². The molecule has 5 rings (SSSR count). The lowest BCUT2D eigenvalue weighted by molar-refractivity contribution is -0.0563. The van der Waals surface area contributed by atoms with Crippen LogP contribution in [0.3, 0.4) is 0 Å². The summed E-state index contributed by atoms with van der Waals surface area (Å²) in [6.07, 6.45) is 9.77. The van der Waals surface area contributed by atoms with Crippen LogP contribution in [0.4, 0.5) is 9.93 Å². The van der Waals surface area contributed by atoms with Crippen molar-refractivity contribution in [3.05, 3.63) is 5.51 Å². The van der Waals surface area contributed by atoms with Gasteiger partial charge in [-0.15, -0.1) is 10.2 Å². The molecule has 4 aliphatic rings. The molecule has 4 fully saturated rings. The molecule has 0 aromatic carbocycles. The molecule has 2 amide bonds. The van der Waals surface area contributed by atoms with E-state index in [0.29, 0.717) is 10.5 Å². The predicted octanol–water partition coefficient (Wildman–Crippen LogP) is 3.27. The van der Waals surface area contributed by atoms with Gasteiger partial charge in [0.05, 0.1) is 0 Å². The Morgan fingerprint density at radius 1 is 1.24 bits per heavy atom. The first-order valence-corrected chi connectivity index (χ1v) is 8.90. The first kappa shape index (κ1) is 13.5. The summed E-state index contributed by atoms with van der Waals surface area (Å²) in [5.74, 6) is 2.93. The minimum Gasteiger partial charge on any atom is -0.338 e. The number of amides is 2. The normalized spacial score (nSPS) is 36.7. The van der Waals surface area contributed by atoms with Crippen LogP contribution in [0, 0.1) is 23.2 Å². The first-order valence-electron chi connectivity index (χ1n) is 8.02. The van der Waals surface area contributed by atoms with E-state index in [1.807, 2.05) is 0 Å². The Morgan fingerprint density at radius 2 is 1.90 bits per heavy atom. The maximum atomic E-state index is 11.8. The quantitative estimate of drug-likeness (QED) is 0.897. The number of rotatable bonds is 4. The maximum absolute atomic E-state index is 11.8. The van der Waals surface area contributed by atoms with E-state index >= 15 is 0 Å². The van der Waals surface area contributed by atoms with E-state index in [4.69, 9.17) is 0 Å². The van der Waals surface area contributed by atoms with E-state index in [0.717, 1.165) is 30.7 Å². The lowest BCUT2D eigenvalue weighted by atomic mass is 9.49. The van der Waals surface area contributed by atoms with Crippen LogP contribution >= 0.6 is 11.3 Å². The summed E-state index contributed by atoms with van der Waals surface area (Å²) < 4.78 is 0. The van der Waals surface area contributed by atoms with Gasteiger partial charge in [-0.05, 0) is 68.1 Å². The molecule has 2 N–H and O–H groups in total. The summed E-state index contributed by atoms with van der Waals surface area (Å²) in [6, 6.07) is -0.156. The van der Waals surface area contributed by atoms with Crippen molar-refractivity contribution in [2.45, 2.75) is 44.9 Å². The van der Waals surface area contributed by atoms with Crippen molar-refractivity contribution in [3.63, 3.8) is 0 Å². The van der Waals surface area contributed by atoms with Gasteiger partial charge in [0.15, 0.2) is 0 Å². The summed E-state index contributed by atoms with van der Waals surface area (Å²) in [4.78, 5) is 11.8. The standard InChI is InChI=1S/C15H22N4OS/c20-13(18-14-19-17-9-21-14)16-2-1-15-6-10-3-11(7-15)5-12(4-10)8-15/h9-12H,1-8H2,(H2,16,18,19,20). The van der Waals surface area contributed by atoms with Crippen molar-refractivity contribution in [1.29, 1.82) is 0 Å². The zero-order chi connectivity index (χ0) is 14.3. The van der Waals surface area contributed by atoms with Gasteiger partial charge < -0.3 is 5.32 Å². The fraction of sp³-hybridized carbons (Fsp3) is 0.800. The Morgan fingerprint density at radius 3 is 2.48 bits per heavy atom. The van der Waals surface area contributed by atoms with E-state index < -0.39 is 0 Å². The van der Waals surface area contributed by atoms with Crippen LogP contribution in [0.25, 0.3) is 0 Å².